The third-order valence-electron chi connectivity index (χ3n) is 5.34. The lowest BCUT2D eigenvalue weighted by atomic mass is 9.79. The molecular formula is C23H36N2O5. The highest BCUT2D eigenvalue weighted by molar-refractivity contribution is 5.93. The van der Waals surface area contributed by atoms with Gasteiger partial charge in [-0.25, -0.2) is 4.79 Å². The molecule has 1 heterocycles. The topological polar surface area (TPSA) is 77.1 Å². The Hall–Kier alpha value is -2.28. The van der Waals surface area contributed by atoms with Gasteiger partial charge in [0, 0.05) is 25.9 Å². The molecule has 2 rings (SSSR count). The monoisotopic (exact) mass is 420 g/mol. The van der Waals surface area contributed by atoms with Crippen LogP contribution in [0.4, 0.5) is 10.5 Å². The maximum atomic E-state index is 12.9. The van der Waals surface area contributed by atoms with E-state index in [0.717, 1.165) is 5.75 Å². The molecule has 0 saturated carbocycles. The number of benzene rings is 1. The van der Waals surface area contributed by atoms with Crippen molar-refractivity contribution in [1.29, 1.82) is 0 Å². The molecule has 1 unspecified atom stereocenters. The van der Waals surface area contributed by atoms with Crippen molar-refractivity contribution in [3.8, 4) is 5.75 Å². The lowest BCUT2D eigenvalue weighted by molar-refractivity contribution is -0.137. The lowest BCUT2D eigenvalue weighted by Crippen LogP contribution is -2.54. The first-order valence-electron chi connectivity index (χ1n) is 10.6. The highest BCUT2D eigenvalue weighted by atomic mass is 16.6. The molecule has 0 aliphatic carbocycles. The van der Waals surface area contributed by atoms with E-state index in [0.29, 0.717) is 31.6 Å². The molecule has 1 saturated heterocycles. The molecule has 1 aromatic rings. The van der Waals surface area contributed by atoms with Gasteiger partial charge in [0.2, 0.25) is 5.91 Å². The quantitative estimate of drug-likeness (QED) is 0.735. The van der Waals surface area contributed by atoms with E-state index >= 15 is 0 Å². The van der Waals surface area contributed by atoms with Gasteiger partial charge in [0.05, 0.1) is 17.6 Å². The van der Waals surface area contributed by atoms with Gasteiger partial charge in [-0.3, -0.25) is 4.79 Å². The van der Waals surface area contributed by atoms with Crippen molar-refractivity contribution >= 4 is 17.7 Å². The molecule has 1 atom stereocenters. The summed E-state index contributed by atoms with van der Waals surface area (Å²) in [6.45, 7) is 12.3. The van der Waals surface area contributed by atoms with Crippen LogP contribution in [0.5, 0.6) is 5.75 Å². The number of hydrogen-bond acceptors (Lipinski definition) is 5. The second-order valence-electron chi connectivity index (χ2n) is 9.14. The fourth-order valence-corrected chi connectivity index (χ4v) is 3.59. The normalized spacial score (nSPS) is 17.4. The van der Waals surface area contributed by atoms with E-state index in [1.54, 1.807) is 12.0 Å². The summed E-state index contributed by atoms with van der Waals surface area (Å²) in [5, 5.41) is 2.96. The Labute approximate surface area is 180 Å². The van der Waals surface area contributed by atoms with Gasteiger partial charge in [0.15, 0.2) is 0 Å². The van der Waals surface area contributed by atoms with Gasteiger partial charge >= 0.3 is 6.09 Å². The largest absolute Gasteiger partial charge is 0.491 e. The van der Waals surface area contributed by atoms with Crippen molar-refractivity contribution in [3.63, 3.8) is 0 Å². The van der Waals surface area contributed by atoms with Crippen molar-refractivity contribution < 1.29 is 23.8 Å². The van der Waals surface area contributed by atoms with Crippen molar-refractivity contribution in [2.75, 3.05) is 25.5 Å². The molecule has 7 heteroatoms. The predicted octanol–water partition coefficient (Wildman–Crippen LogP) is 4.46. The minimum Gasteiger partial charge on any atom is -0.491 e. The first-order valence-corrected chi connectivity index (χ1v) is 10.6. The molecule has 1 N–H and O–H groups in total. The zero-order valence-electron chi connectivity index (χ0n) is 19.3. The number of methoxy groups -OCH3 is 1. The van der Waals surface area contributed by atoms with Crippen LogP contribution in [-0.4, -0.2) is 54.4 Å². The summed E-state index contributed by atoms with van der Waals surface area (Å²) >= 11 is 0. The standard InChI is InChI=1S/C23H36N2O5/c1-16(2)29-19-10-8-18(9-11-19)24-20(26)17(3)23(28-7)12-14-25(15-13-23)21(27)30-22(4,5)6/h8-11,16-17H,12-15H2,1-7H3,(H,24,26). The van der Waals surface area contributed by atoms with Crippen LogP contribution < -0.4 is 10.1 Å². The van der Waals surface area contributed by atoms with Gasteiger partial charge in [0.25, 0.3) is 0 Å². The number of likely N-dealkylation sites (tertiary alicyclic amines) is 1. The second kappa shape index (κ2) is 9.69. The minimum absolute atomic E-state index is 0.0959. The van der Waals surface area contributed by atoms with Crippen LogP contribution in [0.3, 0.4) is 0 Å². The predicted molar refractivity (Wildman–Crippen MR) is 117 cm³/mol. The van der Waals surface area contributed by atoms with Gasteiger partial charge in [-0.15, -0.1) is 0 Å². The Bertz CT molecular complexity index is 716. The molecule has 0 aromatic heterocycles. The van der Waals surface area contributed by atoms with Gasteiger partial charge in [0.1, 0.15) is 11.4 Å². The Morgan fingerprint density at radius 2 is 1.63 bits per heavy atom. The van der Waals surface area contributed by atoms with Gasteiger partial charge < -0.3 is 24.4 Å². The molecule has 0 bridgehead atoms. The zero-order chi connectivity index (χ0) is 22.5. The summed E-state index contributed by atoms with van der Waals surface area (Å²) in [5.74, 6) is 0.272. The molecule has 1 aliphatic heterocycles. The summed E-state index contributed by atoms with van der Waals surface area (Å²) in [6, 6.07) is 7.33. The highest BCUT2D eigenvalue weighted by Crippen LogP contribution is 2.34. The molecule has 2 amide bonds. The second-order valence-corrected chi connectivity index (χ2v) is 9.14. The number of rotatable bonds is 6. The van der Waals surface area contributed by atoms with Gasteiger partial charge in [-0.2, -0.15) is 0 Å². The van der Waals surface area contributed by atoms with E-state index in [1.165, 1.54) is 0 Å². The Balaban J connectivity index is 1.97. The Kier molecular flexibility index (Phi) is 7.75. The smallest absolute Gasteiger partial charge is 0.410 e. The molecule has 168 valence electrons. The third-order valence-corrected chi connectivity index (χ3v) is 5.34. The fourth-order valence-electron chi connectivity index (χ4n) is 3.59. The van der Waals surface area contributed by atoms with Crippen molar-refractivity contribution in [1.82, 2.24) is 4.90 Å². The SMILES string of the molecule is COC1(C(C)C(=O)Nc2ccc(OC(C)C)cc2)CCN(C(=O)OC(C)(C)C)CC1. The van der Waals surface area contributed by atoms with Crippen LogP contribution in [0.1, 0.15) is 54.4 Å². The number of piperidine rings is 1. The fraction of sp³-hybridized carbons (Fsp3) is 0.652. The summed E-state index contributed by atoms with van der Waals surface area (Å²) in [4.78, 5) is 26.9. The third kappa shape index (κ3) is 6.36. The average Bonchev–Trinajstić information content (AvgIpc) is 2.67. The van der Waals surface area contributed by atoms with Crippen molar-refractivity contribution in [2.45, 2.75) is 71.7 Å². The first kappa shape index (κ1) is 24.0. The highest BCUT2D eigenvalue weighted by Gasteiger charge is 2.44. The van der Waals surface area contributed by atoms with E-state index in [4.69, 9.17) is 14.2 Å². The summed E-state index contributed by atoms with van der Waals surface area (Å²) in [7, 11) is 1.63. The van der Waals surface area contributed by atoms with Gasteiger partial charge in [-0.1, -0.05) is 6.92 Å². The molecular weight excluding hydrogens is 384 g/mol. The molecule has 7 nitrogen and oxygen atoms in total. The Morgan fingerprint density at radius 1 is 1.07 bits per heavy atom. The van der Waals surface area contributed by atoms with E-state index in [1.807, 2.05) is 65.8 Å². The molecule has 30 heavy (non-hydrogen) atoms. The Morgan fingerprint density at radius 3 is 2.10 bits per heavy atom. The molecule has 0 spiro atoms. The summed E-state index contributed by atoms with van der Waals surface area (Å²) in [5.41, 5.74) is -0.445. The van der Waals surface area contributed by atoms with E-state index in [2.05, 4.69) is 5.32 Å². The number of nitrogens with zero attached hydrogens (tertiary/aromatic N) is 1. The van der Waals surface area contributed by atoms with Crippen LogP contribution in [0.2, 0.25) is 0 Å². The van der Waals surface area contributed by atoms with E-state index < -0.39 is 11.2 Å². The van der Waals surface area contributed by atoms with Crippen molar-refractivity contribution in [2.24, 2.45) is 5.92 Å². The molecule has 1 aromatic carbocycles. The lowest BCUT2D eigenvalue weighted by Gasteiger charge is -2.43. The number of hydrogen-bond donors (Lipinski definition) is 1. The van der Waals surface area contributed by atoms with Crippen LogP contribution >= 0.6 is 0 Å². The first-order chi connectivity index (χ1) is 14.0. The number of carbonyl (C=O) groups is 2. The number of ether oxygens (including phenoxy) is 3. The number of amides is 2. The van der Waals surface area contributed by atoms with E-state index in [-0.39, 0.29) is 24.0 Å². The number of nitrogens with one attached hydrogen (secondary N) is 1. The van der Waals surface area contributed by atoms with Crippen LogP contribution in [0, 0.1) is 5.92 Å². The number of carbonyl (C=O) groups excluding carboxylic acids is 2. The number of anilines is 1. The summed E-state index contributed by atoms with van der Waals surface area (Å²) < 4.78 is 16.9. The summed E-state index contributed by atoms with van der Waals surface area (Å²) in [6.07, 6.45) is 0.906. The zero-order valence-corrected chi connectivity index (χ0v) is 19.3. The molecule has 0 radical (unpaired) electrons. The van der Waals surface area contributed by atoms with Gasteiger partial charge in [-0.05, 0) is 71.7 Å². The average molecular weight is 421 g/mol. The van der Waals surface area contributed by atoms with Crippen LogP contribution in [0.15, 0.2) is 24.3 Å². The van der Waals surface area contributed by atoms with Crippen molar-refractivity contribution in [3.05, 3.63) is 24.3 Å². The van der Waals surface area contributed by atoms with Crippen LogP contribution in [-0.2, 0) is 14.3 Å². The van der Waals surface area contributed by atoms with Crippen LogP contribution in [0.25, 0.3) is 0 Å². The maximum Gasteiger partial charge on any atom is 0.410 e. The van der Waals surface area contributed by atoms with E-state index in [9.17, 15) is 9.59 Å². The molecule has 1 aliphatic rings. The molecule has 1 fully saturated rings. The minimum atomic E-state index is -0.622. The maximum absolute atomic E-state index is 12.9.